The highest BCUT2D eigenvalue weighted by Gasteiger charge is 2.10. The molecule has 0 saturated heterocycles. The van der Waals surface area contributed by atoms with Crippen molar-refractivity contribution >= 4 is 18.5 Å². The Balaban J connectivity index is 4.54. The highest BCUT2D eigenvalue weighted by molar-refractivity contribution is 6.01. The molecule has 0 aliphatic carbocycles. The van der Waals surface area contributed by atoms with Crippen molar-refractivity contribution < 1.29 is 4.79 Å². The van der Waals surface area contributed by atoms with Gasteiger partial charge in [-0.05, 0) is 31.3 Å². The van der Waals surface area contributed by atoms with Crippen LogP contribution in [0.2, 0.25) is 0 Å². The van der Waals surface area contributed by atoms with Gasteiger partial charge in [0, 0.05) is 12.4 Å². The molecule has 0 aromatic heterocycles. The zero-order chi connectivity index (χ0) is 14.0. The average molecular weight is 249 g/mol. The molecule has 0 saturated carbocycles. The van der Waals surface area contributed by atoms with Gasteiger partial charge in [0.2, 0.25) is 0 Å². The van der Waals surface area contributed by atoms with Gasteiger partial charge in [0.15, 0.2) is 0 Å². The largest absolute Gasteiger partial charge is 0.361 e. The quantitative estimate of drug-likeness (QED) is 0.435. The summed E-state index contributed by atoms with van der Waals surface area (Å²) in [5, 5.41) is 3.28. The van der Waals surface area contributed by atoms with E-state index in [1.807, 2.05) is 32.1 Å². The summed E-state index contributed by atoms with van der Waals surface area (Å²) in [5.41, 5.74) is 3.03. The third-order valence-corrected chi connectivity index (χ3v) is 2.35. The van der Waals surface area contributed by atoms with Gasteiger partial charge in [-0.3, -0.25) is 0 Å². The molecule has 0 bridgehead atoms. The molecule has 2 amide bonds. The minimum absolute atomic E-state index is 0.120. The number of nitrogens with one attached hydrogen (secondary N) is 1. The molecular weight excluding hydrogens is 226 g/mol. The second-order valence-corrected chi connectivity index (χ2v) is 4.63. The minimum Gasteiger partial charge on any atom is -0.244 e. The molecule has 0 rings (SSSR count). The Kier molecular flexibility index (Phi) is 7.59. The fourth-order valence-corrected chi connectivity index (χ4v) is 1.48. The van der Waals surface area contributed by atoms with Crippen LogP contribution in [0.25, 0.3) is 0 Å². The number of aliphatic imine (C=N–C) groups is 1. The Morgan fingerprint density at radius 2 is 2.11 bits per heavy atom. The molecule has 0 aromatic rings. The maximum atomic E-state index is 11.2. The van der Waals surface area contributed by atoms with Crippen molar-refractivity contribution in [3.05, 3.63) is 24.3 Å². The zero-order valence-corrected chi connectivity index (χ0v) is 11.7. The molecule has 0 unspecified atom stereocenters. The molecule has 0 heterocycles. The third-order valence-electron chi connectivity index (χ3n) is 2.35. The molecule has 0 aliphatic rings. The van der Waals surface area contributed by atoms with Gasteiger partial charge < -0.3 is 0 Å². The van der Waals surface area contributed by atoms with Crippen molar-refractivity contribution in [2.24, 2.45) is 15.5 Å². The van der Waals surface area contributed by atoms with E-state index >= 15 is 0 Å². The van der Waals surface area contributed by atoms with Crippen LogP contribution in [-0.2, 0) is 0 Å². The molecule has 1 N–H and O–H groups in total. The van der Waals surface area contributed by atoms with Gasteiger partial charge in [-0.25, -0.2) is 10.2 Å². The second-order valence-electron chi connectivity index (χ2n) is 4.63. The van der Waals surface area contributed by atoms with Crippen LogP contribution in [0.3, 0.4) is 0 Å². The maximum Gasteiger partial charge on any atom is 0.361 e. The molecule has 4 nitrogen and oxygen atoms in total. The first-order valence-electron chi connectivity index (χ1n) is 6.09. The number of rotatable bonds is 6. The molecule has 0 fully saturated rings. The van der Waals surface area contributed by atoms with E-state index in [4.69, 9.17) is 0 Å². The summed E-state index contributed by atoms with van der Waals surface area (Å²) in [7, 11) is 0. The fourth-order valence-electron chi connectivity index (χ4n) is 1.48. The predicted octanol–water partition coefficient (Wildman–Crippen LogP) is 3.71. The predicted molar refractivity (Wildman–Crippen MR) is 78.2 cm³/mol. The highest BCUT2D eigenvalue weighted by Crippen LogP contribution is 2.22. The third kappa shape index (κ3) is 7.54. The summed E-state index contributed by atoms with van der Waals surface area (Å²) >= 11 is 0. The summed E-state index contributed by atoms with van der Waals surface area (Å²) in [6.45, 7) is 11.5. The van der Waals surface area contributed by atoms with Crippen molar-refractivity contribution in [2.45, 2.75) is 40.5 Å². The van der Waals surface area contributed by atoms with E-state index in [1.165, 1.54) is 0 Å². The first-order chi connectivity index (χ1) is 8.45. The van der Waals surface area contributed by atoms with Gasteiger partial charge in [0.1, 0.15) is 0 Å². The van der Waals surface area contributed by atoms with E-state index in [9.17, 15) is 4.79 Å². The van der Waals surface area contributed by atoms with E-state index in [2.05, 4.69) is 42.2 Å². The number of nitrogens with zero attached hydrogens (tertiary/aromatic N) is 2. The molecule has 0 radical (unpaired) electrons. The Morgan fingerprint density at radius 1 is 1.44 bits per heavy atom. The number of allylic oxidation sites excluding steroid dienone is 4. The van der Waals surface area contributed by atoms with Gasteiger partial charge in [0.25, 0.3) is 0 Å². The number of urea groups is 1. The Hall–Kier alpha value is -1.71. The summed E-state index contributed by atoms with van der Waals surface area (Å²) in [6.07, 6.45) is 9.73. The summed E-state index contributed by atoms with van der Waals surface area (Å²) in [6, 6.07) is -0.487. The average Bonchev–Trinajstić information content (AvgIpc) is 2.27. The zero-order valence-electron chi connectivity index (χ0n) is 11.7. The molecule has 18 heavy (non-hydrogen) atoms. The monoisotopic (exact) mass is 249 g/mol. The summed E-state index contributed by atoms with van der Waals surface area (Å²) in [5.74, 6) is 0. The lowest BCUT2D eigenvalue weighted by atomic mass is 9.88. The van der Waals surface area contributed by atoms with Gasteiger partial charge in [-0.1, -0.05) is 39.0 Å². The number of carbonyl (C=O) groups is 1. The lowest BCUT2D eigenvalue weighted by Gasteiger charge is -2.17. The number of amides is 2. The van der Waals surface area contributed by atoms with Crippen LogP contribution in [0, 0.1) is 5.41 Å². The standard InChI is InChI=1S/C14H23N3O/c1-6-10-14(3,4)11-8-9-12(7-2)16-13(18)17-15-5/h6,8-10H,5,7,11H2,1-4H3,(H,17,18)/b9-8+,10-6-,16-12+. The van der Waals surface area contributed by atoms with Crippen LogP contribution in [-0.4, -0.2) is 18.5 Å². The number of hydrogen-bond donors (Lipinski definition) is 1. The van der Waals surface area contributed by atoms with E-state index in [-0.39, 0.29) is 5.41 Å². The molecule has 0 atom stereocenters. The minimum atomic E-state index is -0.487. The smallest absolute Gasteiger partial charge is 0.244 e. The van der Waals surface area contributed by atoms with Crippen LogP contribution in [0.4, 0.5) is 4.79 Å². The molecular formula is C14H23N3O. The van der Waals surface area contributed by atoms with Crippen LogP contribution in [0.15, 0.2) is 34.4 Å². The number of hydrogen-bond acceptors (Lipinski definition) is 2. The highest BCUT2D eigenvalue weighted by atomic mass is 16.2. The first kappa shape index (κ1) is 16.3. The van der Waals surface area contributed by atoms with Gasteiger partial charge >= 0.3 is 6.03 Å². The van der Waals surface area contributed by atoms with Crippen LogP contribution in [0.5, 0.6) is 0 Å². The first-order valence-corrected chi connectivity index (χ1v) is 6.09. The van der Waals surface area contributed by atoms with Crippen molar-refractivity contribution in [3.8, 4) is 0 Å². The Morgan fingerprint density at radius 3 is 2.61 bits per heavy atom. The molecule has 100 valence electrons. The van der Waals surface area contributed by atoms with Crippen molar-refractivity contribution in [2.75, 3.05) is 0 Å². The molecule has 0 spiro atoms. The van der Waals surface area contributed by atoms with Crippen LogP contribution < -0.4 is 5.43 Å². The lowest BCUT2D eigenvalue weighted by Crippen LogP contribution is -2.13. The summed E-state index contributed by atoms with van der Waals surface area (Å²) < 4.78 is 0. The maximum absolute atomic E-state index is 11.2. The molecule has 0 aromatic carbocycles. The Labute approximate surface area is 110 Å². The SMILES string of the molecule is C=NNC(=O)/N=C(/C=C/CC(C)(C)/C=C\C)CC. The lowest BCUT2D eigenvalue weighted by molar-refractivity contribution is 0.250. The number of carbonyl (C=O) groups excluding carboxylic acids is 1. The van der Waals surface area contributed by atoms with E-state index in [0.29, 0.717) is 6.42 Å². The second kappa shape index (κ2) is 8.39. The van der Waals surface area contributed by atoms with Crippen LogP contribution in [0.1, 0.15) is 40.5 Å². The Bertz CT molecular complexity index is 365. The topological polar surface area (TPSA) is 53.8 Å². The summed E-state index contributed by atoms with van der Waals surface area (Å²) in [4.78, 5) is 15.1. The van der Waals surface area contributed by atoms with Gasteiger partial charge in [0.05, 0.1) is 0 Å². The molecule has 0 aliphatic heterocycles. The fraction of sp³-hybridized carbons (Fsp3) is 0.500. The molecule has 4 heteroatoms. The van der Waals surface area contributed by atoms with Crippen molar-refractivity contribution in [3.63, 3.8) is 0 Å². The van der Waals surface area contributed by atoms with Crippen molar-refractivity contribution in [1.29, 1.82) is 0 Å². The van der Waals surface area contributed by atoms with Crippen molar-refractivity contribution in [1.82, 2.24) is 5.43 Å². The normalized spacial score (nSPS) is 13.2. The number of hydrazone groups is 1. The van der Waals surface area contributed by atoms with Gasteiger partial charge in [-0.2, -0.15) is 10.1 Å². The van der Waals surface area contributed by atoms with Crippen LogP contribution >= 0.6 is 0 Å². The van der Waals surface area contributed by atoms with Gasteiger partial charge in [-0.15, -0.1) is 0 Å². The van der Waals surface area contributed by atoms with E-state index in [0.717, 1.165) is 12.1 Å². The van der Waals surface area contributed by atoms with E-state index < -0.39 is 6.03 Å². The van der Waals surface area contributed by atoms with E-state index in [1.54, 1.807) is 0 Å².